The molecule has 0 aliphatic rings. The van der Waals surface area contributed by atoms with Gasteiger partial charge in [-0.15, -0.1) is 0 Å². The number of carbonyl (C=O) groups excluding carboxylic acids is 1. The first-order chi connectivity index (χ1) is 9.08. The SMILES string of the molecule is O=C(NCc1ccccc1)c1c(O)cc(O)cc1O. The van der Waals surface area contributed by atoms with Gasteiger partial charge in [0.25, 0.3) is 5.91 Å². The number of hydrogen-bond donors (Lipinski definition) is 4. The lowest BCUT2D eigenvalue weighted by Crippen LogP contribution is -2.22. The summed E-state index contributed by atoms with van der Waals surface area (Å²) >= 11 is 0. The van der Waals surface area contributed by atoms with E-state index in [1.54, 1.807) is 0 Å². The van der Waals surface area contributed by atoms with Gasteiger partial charge in [0.2, 0.25) is 0 Å². The molecule has 0 unspecified atom stereocenters. The number of aromatic hydroxyl groups is 3. The molecule has 0 fully saturated rings. The lowest BCUT2D eigenvalue weighted by molar-refractivity contribution is 0.0945. The van der Waals surface area contributed by atoms with E-state index in [0.717, 1.165) is 17.7 Å². The maximum atomic E-state index is 11.9. The first kappa shape index (κ1) is 12.8. The molecule has 98 valence electrons. The number of carbonyl (C=O) groups is 1. The van der Waals surface area contributed by atoms with Gasteiger partial charge < -0.3 is 20.6 Å². The normalized spacial score (nSPS) is 10.1. The van der Waals surface area contributed by atoms with Gasteiger partial charge >= 0.3 is 0 Å². The average molecular weight is 259 g/mol. The number of rotatable bonds is 3. The van der Waals surface area contributed by atoms with Crippen molar-refractivity contribution in [1.29, 1.82) is 0 Å². The Morgan fingerprint density at radius 1 is 1.00 bits per heavy atom. The molecule has 0 spiro atoms. The standard InChI is InChI=1S/C14H13NO4/c16-10-6-11(17)13(12(18)7-10)14(19)15-8-9-4-2-1-3-5-9/h1-7,16-18H,8H2,(H,15,19). The maximum absolute atomic E-state index is 11.9. The van der Waals surface area contributed by atoms with E-state index in [2.05, 4.69) is 5.32 Å². The topological polar surface area (TPSA) is 89.8 Å². The van der Waals surface area contributed by atoms with Crippen molar-refractivity contribution in [3.8, 4) is 17.2 Å². The minimum atomic E-state index is -0.612. The summed E-state index contributed by atoms with van der Waals surface area (Å²) in [6, 6.07) is 11.2. The Morgan fingerprint density at radius 3 is 2.16 bits per heavy atom. The third-order valence-corrected chi connectivity index (χ3v) is 2.60. The van der Waals surface area contributed by atoms with Gasteiger partial charge in [-0.1, -0.05) is 30.3 Å². The number of nitrogens with one attached hydrogen (secondary N) is 1. The molecular formula is C14H13NO4. The van der Waals surface area contributed by atoms with Gasteiger partial charge in [-0.3, -0.25) is 4.79 Å². The Kier molecular flexibility index (Phi) is 3.56. The highest BCUT2D eigenvalue weighted by Gasteiger charge is 2.17. The van der Waals surface area contributed by atoms with Crippen molar-refractivity contribution < 1.29 is 20.1 Å². The highest BCUT2D eigenvalue weighted by atomic mass is 16.3. The summed E-state index contributed by atoms with van der Waals surface area (Å²) in [6.07, 6.45) is 0. The number of hydrogen-bond acceptors (Lipinski definition) is 4. The average Bonchev–Trinajstić information content (AvgIpc) is 2.36. The van der Waals surface area contributed by atoms with Gasteiger partial charge in [-0.25, -0.2) is 0 Å². The van der Waals surface area contributed by atoms with Crippen molar-refractivity contribution in [2.75, 3.05) is 0 Å². The predicted octanol–water partition coefficient (Wildman–Crippen LogP) is 1.73. The van der Waals surface area contributed by atoms with Crippen LogP contribution in [0.3, 0.4) is 0 Å². The maximum Gasteiger partial charge on any atom is 0.259 e. The molecule has 0 saturated carbocycles. The molecule has 0 saturated heterocycles. The van der Waals surface area contributed by atoms with E-state index in [-0.39, 0.29) is 17.9 Å². The highest BCUT2D eigenvalue weighted by Crippen LogP contribution is 2.31. The van der Waals surface area contributed by atoms with E-state index in [9.17, 15) is 15.0 Å². The number of amides is 1. The second-order valence-corrected chi connectivity index (χ2v) is 4.03. The quantitative estimate of drug-likeness (QED) is 0.675. The molecule has 5 heteroatoms. The number of benzene rings is 2. The fraction of sp³-hybridized carbons (Fsp3) is 0.0714. The van der Waals surface area contributed by atoms with Crippen LogP contribution in [0.15, 0.2) is 42.5 Å². The molecule has 19 heavy (non-hydrogen) atoms. The summed E-state index contributed by atoms with van der Waals surface area (Å²) in [4.78, 5) is 11.9. The van der Waals surface area contributed by atoms with E-state index in [1.165, 1.54) is 0 Å². The van der Waals surface area contributed by atoms with Crippen LogP contribution in [0.5, 0.6) is 17.2 Å². The van der Waals surface area contributed by atoms with E-state index in [4.69, 9.17) is 5.11 Å². The minimum Gasteiger partial charge on any atom is -0.508 e. The molecule has 5 nitrogen and oxygen atoms in total. The van der Waals surface area contributed by atoms with Gasteiger partial charge in [0.1, 0.15) is 22.8 Å². The Bertz CT molecular complexity index is 573. The molecule has 0 bridgehead atoms. The smallest absolute Gasteiger partial charge is 0.259 e. The third-order valence-electron chi connectivity index (χ3n) is 2.60. The summed E-state index contributed by atoms with van der Waals surface area (Å²) < 4.78 is 0. The van der Waals surface area contributed by atoms with Gasteiger partial charge in [0.05, 0.1) is 0 Å². The minimum absolute atomic E-state index is 0.256. The highest BCUT2D eigenvalue weighted by molar-refractivity contribution is 5.99. The lowest BCUT2D eigenvalue weighted by atomic mass is 10.1. The third kappa shape index (κ3) is 2.95. The summed E-state index contributed by atoms with van der Waals surface area (Å²) in [5.74, 6) is -1.86. The molecule has 4 N–H and O–H groups in total. The van der Waals surface area contributed by atoms with Gasteiger partial charge in [-0.2, -0.15) is 0 Å². The van der Waals surface area contributed by atoms with Crippen LogP contribution in [0.25, 0.3) is 0 Å². The zero-order valence-electron chi connectivity index (χ0n) is 10.00. The van der Waals surface area contributed by atoms with Crippen molar-refractivity contribution in [1.82, 2.24) is 5.32 Å². The number of phenols is 3. The first-order valence-electron chi connectivity index (χ1n) is 5.65. The Balaban J connectivity index is 2.13. The van der Waals surface area contributed by atoms with Crippen molar-refractivity contribution in [2.45, 2.75) is 6.54 Å². The van der Waals surface area contributed by atoms with E-state index < -0.39 is 17.4 Å². The van der Waals surface area contributed by atoms with E-state index in [1.807, 2.05) is 30.3 Å². The summed E-state index contributed by atoms with van der Waals surface area (Å²) in [5, 5.41) is 30.9. The molecular weight excluding hydrogens is 246 g/mol. The molecule has 0 heterocycles. The van der Waals surface area contributed by atoms with E-state index in [0.29, 0.717) is 0 Å². The Hall–Kier alpha value is -2.69. The lowest BCUT2D eigenvalue weighted by Gasteiger charge is -2.09. The summed E-state index contributed by atoms with van der Waals surface area (Å²) in [6.45, 7) is 0.277. The van der Waals surface area contributed by atoms with Crippen molar-refractivity contribution in [2.24, 2.45) is 0 Å². The summed E-state index contributed by atoms with van der Waals surface area (Å²) in [7, 11) is 0. The van der Waals surface area contributed by atoms with Crippen LogP contribution in [0.1, 0.15) is 15.9 Å². The van der Waals surface area contributed by atoms with Crippen molar-refractivity contribution >= 4 is 5.91 Å². The van der Waals surface area contributed by atoms with Crippen molar-refractivity contribution in [3.63, 3.8) is 0 Å². The Labute approximate surface area is 109 Å². The summed E-state index contributed by atoms with van der Waals surface area (Å²) in [5.41, 5.74) is 0.641. The first-order valence-corrected chi connectivity index (χ1v) is 5.65. The van der Waals surface area contributed by atoms with Gasteiger partial charge in [-0.05, 0) is 5.56 Å². The van der Waals surface area contributed by atoms with Crippen LogP contribution < -0.4 is 5.32 Å². The fourth-order valence-electron chi connectivity index (χ4n) is 1.70. The Morgan fingerprint density at radius 2 is 1.58 bits per heavy atom. The molecule has 2 rings (SSSR count). The molecule has 1 amide bonds. The number of phenolic OH excluding ortho intramolecular Hbond substituents is 3. The van der Waals surface area contributed by atoms with Crippen LogP contribution in [0.4, 0.5) is 0 Å². The second-order valence-electron chi connectivity index (χ2n) is 4.03. The molecule has 0 aromatic heterocycles. The van der Waals surface area contributed by atoms with E-state index >= 15 is 0 Å². The largest absolute Gasteiger partial charge is 0.508 e. The zero-order valence-corrected chi connectivity index (χ0v) is 10.00. The van der Waals surface area contributed by atoms with Crippen LogP contribution in [0, 0.1) is 0 Å². The molecule has 0 atom stereocenters. The zero-order chi connectivity index (χ0) is 13.8. The predicted molar refractivity (Wildman–Crippen MR) is 69.0 cm³/mol. The van der Waals surface area contributed by atoms with Crippen LogP contribution in [0.2, 0.25) is 0 Å². The van der Waals surface area contributed by atoms with Crippen molar-refractivity contribution in [3.05, 3.63) is 53.6 Å². The van der Waals surface area contributed by atoms with Gasteiger partial charge in [0.15, 0.2) is 0 Å². The van der Waals surface area contributed by atoms with Crippen LogP contribution >= 0.6 is 0 Å². The van der Waals surface area contributed by atoms with Crippen LogP contribution in [-0.4, -0.2) is 21.2 Å². The van der Waals surface area contributed by atoms with Crippen LogP contribution in [-0.2, 0) is 6.54 Å². The molecule has 2 aromatic carbocycles. The molecule has 0 radical (unpaired) electrons. The monoisotopic (exact) mass is 259 g/mol. The molecule has 2 aromatic rings. The molecule has 0 aliphatic carbocycles. The van der Waals surface area contributed by atoms with Gasteiger partial charge in [0, 0.05) is 18.7 Å². The second kappa shape index (κ2) is 5.30. The fourth-order valence-corrected chi connectivity index (χ4v) is 1.70. The molecule has 0 aliphatic heterocycles.